The van der Waals surface area contributed by atoms with E-state index in [9.17, 15) is 33.6 Å². The van der Waals surface area contributed by atoms with E-state index in [1.54, 1.807) is 64.3 Å². The third-order valence-corrected chi connectivity index (χ3v) is 16.9. The van der Waals surface area contributed by atoms with E-state index < -0.39 is 28.3 Å². The summed E-state index contributed by atoms with van der Waals surface area (Å²) >= 11 is 0. The van der Waals surface area contributed by atoms with Crippen LogP contribution in [-0.2, 0) is 40.1 Å². The van der Waals surface area contributed by atoms with E-state index in [1.165, 1.54) is 6.07 Å². The monoisotopic (exact) mass is 1060 g/mol. The Labute approximate surface area is 443 Å². The third kappa shape index (κ3) is 14.2. The van der Waals surface area contributed by atoms with Crippen molar-refractivity contribution in [3.8, 4) is 5.75 Å². The second-order valence-electron chi connectivity index (χ2n) is 19.6. The highest BCUT2D eigenvalue weighted by atomic mass is 33.1. The minimum absolute atomic E-state index is 0.0227. The zero-order chi connectivity index (χ0) is 53.2. The number of hydrazone groups is 1. The molecule has 2 saturated heterocycles. The highest BCUT2D eigenvalue weighted by Crippen LogP contribution is 2.54. The maximum atomic E-state index is 15.1. The molecule has 0 spiro atoms. The number of nitrogens with zero attached hydrogens (tertiary/aromatic N) is 6. The number of pyridine rings is 1. The van der Waals surface area contributed by atoms with E-state index in [4.69, 9.17) is 9.57 Å². The van der Waals surface area contributed by atoms with E-state index in [0.717, 1.165) is 28.2 Å². The molecule has 4 aliphatic rings. The van der Waals surface area contributed by atoms with Gasteiger partial charge in [-0.25, -0.2) is 14.6 Å². The first-order chi connectivity index (χ1) is 36.0. The summed E-state index contributed by atoms with van der Waals surface area (Å²) in [6, 6.07) is 21.1. The number of ether oxygens (including phenoxy) is 1. The topological polar surface area (TPSA) is 212 Å². The summed E-state index contributed by atoms with van der Waals surface area (Å²) in [7, 11) is 5.09. The quantitative estimate of drug-likeness (QED) is 0.0337. The zero-order valence-corrected chi connectivity index (χ0v) is 44.1. The van der Waals surface area contributed by atoms with Gasteiger partial charge in [0.05, 0.1) is 18.7 Å². The smallest absolute Gasteiger partial charge is 0.333 e. The molecule has 4 aromatic rings. The van der Waals surface area contributed by atoms with Crippen LogP contribution in [-0.4, -0.2) is 119 Å². The third-order valence-electron chi connectivity index (χ3n) is 13.6. The van der Waals surface area contributed by atoms with Crippen LogP contribution in [0.5, 0.6) is 5.75 Å². The number of fused-ring (bicyclic) bond motifs is 1. The molecule has 18 nitrogen and oxygen atoms in total. The number of carbonyl (C=O) groups is 7. The number of amides is 6. The van der Waals surface area contributed by atoms with Crippen molar-refractivity contribution in [2.75, 3.05) is 67.2 Å². The maximum absolute atomic E-state index is 15.1. The Hall–Kier alpha value is -7.00. The van der Waals surface area contributed by atoms with Crippen LogP contribution in [0.1, 0.15) is 98.7 Å². The second-order valence-corrected chi connectivity index (χ2v) is 22.7. The number of benzene rings is 3. The lowest BCUT2D eigenvalue weighted by molar-refractivity contribution is -0.197. The molecule has 8 rings (SSSR count). The number of hydrogen-bond donors (Lipinski definition) is 3. The lowest BCUT2D eigenvalue weighted by Crippen LogP contribution is -2.48. The number of aromatic nitrogens is 1. The standard InChI is InChI=1S/C54H62FN9O9S2/c1-34-50(37-7-5-21-56-32-37)51(34)53(71)58-38-12-9-36(42(55)29-38)33-57-52(70)35-10-13-39(14-11-35)62-23-25-63(26-24-62)46(66)20-28-74-75-54(2,3)31-45(65)60-59-43-19-22-61(4)44-30-40(15-16-41(43)44)72-27-6-8-49(69)73-64-47(67)17-18-48(64)68/h5,7,9-16,21,29-30,32,34,50-51H,6,8,17-20,22-28,31,33H2,1-4H3,(H,57,70)(H,58,71)(H,60,65)/b59-43+. The van der Waals surface area contributed by atoms with Crippen molar-refractivity contribution < 1.29 is 47.5 Å². The summed E-state index contributed by atoms with van der Waals surface area (Å²) in [4.78, 5) is 103. The molecular weight excluding hydrogens is 1000 g/mol. The summed E-state index contributed by atoms with van der Waals surface area (Å²) in [6.07, 6.45) is 5.06. The fourth-order valence-electron chi connectivity index (χ4n) is 9.35. The van der Waals surface area contributed by atoms with Crippen LogP contribution in [0.3, 0.4) is 0 Å². The largest absolute Gasteiger partial charge is 0.494 e. The number of hydroxylamine groups is 2. The Morgan fingerprint density at radius 1 is 0.907 bits per heavy atom. The van der Waals surface area contributed by atoms with Crippen molar-refractivity contribution in [1.29, 1.82) is 0 Å². The molecule has 1 aromatic heterocycles. The molecule has 3 aromatic carbocycles. The number of imide groups is 1. The van der Waals surface area contributed by atoms with Gasteiger partial charge in [-0.05, 0) is 86.3 Å². The van der Waals surface area contributed by atoms with Gasteiger partial charge in [0.25, 0.3) is 17.7 Å². The van der Waals surface area contributed by atoms with Crippen LogP contribution < -0.4 is 30.6 Å². The first-order valence-electron chi connectivity index (χ1n) is 25.1. The second kappa shape index (κ2) is 24.6. The molecule has 4 heterocycles. The van der Waals surface area contributed by atoms with Crippen LogP contribution >= 0.6 is 21.6 Å². The van der Waals surface area contributed by atoms with Gasteiger partial charge in [0.1, 0.15) is 11.6 Å². The molecule has 6 amide bonds. The number of piperazine rings is 1. The maximum Gasteiger partial charge on any atom is 0.333 e. The van der Waals surface area contributed by atoms with E-state index in [2.05, 4.69) is 35.9 Å². The summed E-state index contributed by atoms with van der Waals surface area (Å²) in [5.74, 6) is -1.68. The van der Waals surface area contributed by atoms with Crippen molar-refractivity contribution in [3.63, 3.8) is 0 Å². The van der Waals surface area contributed by atoms with Crippen molar-refractivity contribution in [2.24, 2.45) is 16.9 Å². The minimum Gasteiger partial charge on any atom is -0.494 e. The van der Waals surface area contributed by atoms with Gasteiger partial charge in [-0.2, -0.15) is 5.10 Å². The van der Waals surface area contributed by atoms with E-state index >= 15 is 4.39 Å². The average Bonchev–Trinajstić information content (AvgIpc) is 3.99. The summed E-state index contributed by atoms with van der Waals surface area (Å²) in [5.41, 5.74) is 8.27. The number of hydrogen-bond acceptors (Lipinski definition) is 15. The average molecular weight is 1060 g/mol. The van der Waals surface area contributed by atoms with Crippen LogP contribution in [0.25, 0.3) is 0 Å². The summed E-state index contributed by atoms with van der Waals surface area (Å²) < 4.78 is 20.5. The molecule has 3 aliphatic heterocycles. The van der Waals surface area contributed by atoms with Crippen molar-refractivity contribution >= 4 is 85.8 Å². The number of nitrogens with one attached hydrogen (secondary N) is 3. The number of carbonyl (C=O) groups excluding carboxylic acids is 7. The SMILES string of the molecule is CC1C(C(=O)Nc2ccc(CNC(=O)c3ccc(N4CCN(C(=O)CCSSC(C)(C)CC(=O)N/N=C5\CCN(C)c6cc(OCCCC(=O)ON7C(=O)CCC7=O)ccc65)CC4)cc3)c(F)c2)C1c1cccnc1. The molecule has 3 unspecified atom stereocenters. The van der Waals surface area contributed by atoms with Gasteiger partial charge >= 0.3 is 5.97 Å². The first-order valence-corrected chi connectivity index (χ1v) is 27.5. The molecule has 75 heavy (non-hydrogen) atoms. The molecular formula is C54H62FN9O9S2. The minimum atomic E-state index is -0.678. The Morgan fingerprint density at radius 2 is 1.67 bits per heavy atom. The lowest BCUT2D eigenvalue weighted by Gasteiger charge is -2.36. The summed E-state index contributed by atoms with van der Waals surface area (Å²) in [5, 5.41) is 10.7. The highest BCUT2D eigenvalue weighted by molar-refractivity contribution is 8.77. The first kappa shape index (κ1) is 54.3. The van der Waals surface area contributed by atoms with Gasteiger partial charge in [0.15, 0.2) is 0 Å². The van der Waals surface area contributed by atoms with Crippen molar-refractivity contribution in [3.05, 3.63) is 113 Å². The molecule has 0 bridgehead atoms. The Morgan fingerprint density at radius 3 is 2.39 bits per heavy atom. The van der Waals surface area contributed by atoms with Crippen LogP contribution in [0.15, 0.2) is 90.3 Å². The van der Waals surface area contributed by atoms with Crippen LogP contribution in [0.4, 0.5) is 21.5 Å². The Balaban J connectivity index is 0.696. The molecule has 0 radical (unpaired) electrons. The van der Waals surface area contributed by atoms with Crippen molar-refractivity contribution in [2.45, 2.75) is 82.9 Å². The number of halogens is 1. The highest BCUT2D eigenvalue weighted by Gasteiger charge is 2.52. The Bertz CT molecular complexity index is 2800. The van der Waals surface area contributed by atoms with Crippen LogP contribution in [0, 0.1) is 17.7 Å². The molecule has 3 N–H and O–H groups in total. The summed E-state index contributed by atoms with van der Waals surface area (Å²) in [6.45, 7) is 9.28. The predicted octanol–water partition coefficient (Wildman–Crippen LogP) is 6.85. The molecule has 21 heteroatoms. The zero-order valence-electron chi connectivity index (χ0n) is 42.5. The van der Waals surface area contributed by atoms with Gasteiger partial charge in [-0.1, -0.05) is 40.6 Å². The molecule has 1 saturated carbocycles. The molecule has 1 aliphatic carbocycles. The van der Waals surface area contributed by atoms with Gasteiger partial charge in [-0.15, -0.1) is 5.06 Å². The van der Waals surface area contributed by atoms with Crippen LogP contribution in [0.2, 0.25) is 0 Å². The lowest BCUT2D eigenvalue weighted by atomic mass is 10.00. The normalized spacial score (nSPS) is 18.9. The number of anilines is 3. The van der Waals surface area contributed by atoms with E-state index in [1.807, 2.05) is 69.1 Å². The fourth-order valence-corrected chi connectivity index (χ4v) is 11.8. The molecule has 3 fully saturated rings. The van der Waals surface area contributed by atoms with Gasteiger partial charge < -0.3 is 34.9 Å². The predicted molar refractivity (Wildman–Crippen MR) is 285 cm³/mol. The van der Waals surface area contributed by atoms with Gasteiger partial charge in [0, 0.05) is 153 Å². The van der Waals surface area contributed by atoms with Gasteiger partial charge in [-0.3, -0.25) is 33.8 Å². The van der Waals surface area contributed by atoms with Gasteiger partial charge in [0.2, 0.25) is 17.7 Å². The van der Waals surface area contributed by atoms with E-state index in [-0.39, 0.29) is 80.2 Å². The number of rotatable bonds is 21. The van der Waals surface area contributed by atoms with E-state index in [0.29, 0.717) is 85.4 Å². The Kier molecular flexibility index (Phi) is 17.8. The molecule has 3 atom stereocenters. The fraction of sp³-hybridized carbons (Fsp3) is 0.426. The van der Waals surface area contributed by atoms with Crippen molar-refractivity contribution in [1.82, 2.24) is 25.7 Å². The molecule has 396 valence electrons.